The summed E-state index contributed by atoms with van der Waals surface area (Å²) in [6.07, 6.45) is 19.4. The van der Waals surface area contributed by atoms with E-state index in [2.05, 4.69) is 28.8 Å². The van der Waals surface area contributed by atoms with Gasteiger partial charge in [-0.25, -0.2) is 4.79 Å². The second-order valence-corrected chi connectivity index (χ2v) is 5.86. The van der Waals surface area contributed by atoms with Crippen LogP contribution < -0.4 is 0 Å². The van der Waals surface area contributed by atoms with E-state index in [-0.39, 0.29) is 5.97 Å². The molecule has 0 unspecified atom stereocenters. The molecule has 0 bridgehead atoms. The van der Waals surface area contributed by atoms with Gasteiger partial charge in [-0.05, 0) is 24.5 Å². The van der Waals surface area contributed by atoms with Crippen LogP contribution in [0, 0.1) is 0 Å². The molecule has 3 heteroatoms. The fourth-order valence-electron chi connectivity index (χ4n) is 2.53. The molecule has 22 heavy (non-hydrogen) atoms. The molecule has 0 fully saturated rings. The summed E-state index contributed by atoms with van der Waals surface area (Å²) in [6.45, 7) is 2.26. The van der Waals surface area contributed by atoms with Gasteiger partial charge in [0.25, 0.3) is 0 Å². The Morgan fingerprint density at radius 3 is 2.36 bits per heavy atom. The molecule has 0 saturated heterocycles. The molecule has 3 nitrogen and oxygen atoms in total. The van der Waals surface area contributed by atoms with Gasteiger partial charge in [-0.3, -0.25) is 0 Å². The third-order valence-electron chi connectivity index (χ3n) is 3.90. The summed E-state index contributed by atoms with van der Waals surface area (Å²) in [4.78, 5) is 14.2. The Labute approximate surface area is 135 Å². The van der Waals surface area contributed by atoms with Gasteiger partial charge in [-0.2, -0.15) is 0 Å². The average molecular weight is 305 g/mol. The SMILES string of the molecule is CCCCCCCCCCC/C=C\c1c[nH]c(C(=O)OC)c1. The third-order valence-corrected chi connectivity index (χ3v) is 3.90. The smallest absolute Gasteiger partial charge is 0.354 e. The fraction of sp³-hybridized carbons (Fsp3) is 0.632. The lowest BCUT2D eigenvalue weighted by Crippen LogP contribution is -2.00. The number of aromatic amines is 1. The van der Waals surface area contributed by atoms with Crippen LogP contribution in [-0.4, -0.2) is 18.1 Å². The summed E-state index contributed by atoms with van der Waals surface area (Å²) in [5.41, 5.74) is 1.53. The van der Waals surface area contributed by atoms with Crippen LogP contribution >= 0.6 is 0 Å². The van der Waals surface area contributed by atoms with Crippen molar-refractivity contribution in [1.29, 1.82) is 0 Å². The van der Waals surface area contributed by atoms with Crippen molar-refractivity contribution in [1.82, 2.24) is 4.98 Å². The van der Waals surface area contributed by atoms with E-state index < -0.39 is 0 Å². The molecule has 1 aromatic rings. The van der Waals surface area contributed by atoms with E-state index in [1.807, 2.05) is 12.3 Å². The molecular formula is C19H31NO2. The largest absolute Gasteiger partial charge is 0.464 e. The summed E-state index contributed by atoms with van der Waals surface area (Å²) >= 11 is 0. The Kier molecular flexibility index (Phi) is 10.2. The predicted octanol–water partition coefficient (Wildman–Crippen LogP) is 5.74. The van der Waals surface area contributed by atoms with E-state index in [0.717, 1.165) is 12.0 Å². The average Bonchev–Trinajstić information content (AvgIpc) is 3.00. The van der Waals surface area contributed by atoms with Gasteiger partial charge in [0.15, 0.2) is 0 Å². The fourth-order valence-corrected chi connectivity index (χ4v) is 2.53. The van der Waals surface area contributed by atoms with Crippen molar-refractivity contribution in [3.8, 4) is 0 Å². The molecule has 1 heterocycles. The first-order valence-corrected chi connectivity index (χ1v) is 8.71. The molecule has 1 aromatic heterocycles. The minimum absolute atomic E-state index is 0.321. The molecule has 0 atom stereocenters. The number of rotatable bonds is 12. The highest BCUT2D eigenvalue weighted by Gasteiger charge is 2.06. The van der Waals surface area contributed by atoms with Gasteiger partial charge in [0.05, 0.1) is 7.11 Å². The number of hydrogen-bond acceptors (Lipinski definition) is 2. The number of aromatic nitrogens is 1. The zero-order chi connectivity index (χ0) is 16.0. The number of allylic oxidation sites excluding steroid dienone is 1. The van der Waals surface area contributed by atoms with Crippen molar-refractivity contribution in [2.24, 2.45) is 0 Å². The molecule has 0 aliphatic heterocycles. The van der Waals surface area contributed by atoms with E-state index in [1.165, 1.54) is 64.9 Å². The van der Waals surface area contributed by atoms with Crippen LogP contribution in [0.2, 0.25) is 0 Å². The van der Waals surface area contributed by atoms with Gasteiger partial charge in [0.2, 0.25) is 0 Å². The van der Waals surface area contributed by atoms with Crippen molar-refractivity contribution in [2.45, 2.75) is 71.1 Å². The van der Waals surface area contributed by atoms with Crippen molar-refractivity contribution in [2.75, 3.05) is 7.11 Å². The van der Waals surface area contributed by atoms with Gasteiger partial charge in [-0.1, -0.05) is 70.4 Å². The lowest BCUT2D eigenvalue weighted by molar-refractivity contribution is 0.0595. The molecule has 1 rings (SSSR count). The maximum atomic E-state index is 11.3. The molecule has 0 spiro atoms. The highest BCUT2D eigenvalue weighted by atomic mass is 16.5. The van der Waals surface area contributed by atoms with Crippen LogP contribution in [0.3, 0.4) is 0 Å². The predicted molar refractivity (Wildman–Crippen MR) is 93.0 cm³/mol. The van der Waals surface area contributed by atoms with Crippen LogP contribution in [0.5, 0.6) is 0 Å². The van der Waals surface area contributed by atoms with E-state index in [1.54, 1.807) is 0 Å². The van der Waals surface area contributed by atoms with Gasteiger partial charge in [0, 0.05) is 6.20 Å². The quantitative estimate of drug-likeness (QED) is 0.395. The zero-order valence-electron chi connectivity index (χ0n) is 14.2. The molecule has 0 radical (unpaired) electrons. The summed E-state index contributed by atoms with van der Waals surface area (Å²) in [5, 5.41) is 0. The minimum Gasteiger partial charge on any atom is -0.464 e. The van der Waals surface area contributed by atoms with E-state index >= 15 is 0 Å². The number of carbonyl (C=O) groups is 1. The van der Waals surface area contributed by atoms with Crippen LogP contribution in [0.15, 0.2) is 18.3 Å². The van der Waals surface area contributed by atoms with Crippen molar-refractivity contribution in [3.05, 3.63) is 29.6 Å². The molecule has 0 aromatic carbocycles. The highest BCUT2D eigenvalue weighted by molar-refractivity contribution is 5.88. The van der Waals surface area contributed by atoms with E-state index in [9.17, 15) is 4.79 Å². The Morgan fingerprint density at radius 1 is 1.09 bits per heavy atom. The van der Waals surface area contributed by atoms with Crippen molar-refractivity contribution < 1.29 is 9.53 Å². The number of ether oxygens (including phenoxy) is 1. The van der Waals surface area contributed by atoms with Crippen molar-refractivity contribution >= 4 is 12.0 Å². The first-order valence-electron chi connectivity index (χ1n) is 8.71. The van der Waals surface area contributed by atoms with Crippen LogP contribution in [0.4, 0.5) is 0 Å². The number of H-pyrrole nitrogens is 1. The molecule has 0 aliphatic rings. The molecular weight excluding hydrogens is 274 g/mol. The Bertz CT molecular complexity index is 434. The van der Waals surface area contributed by atoms with Gasteiger partial charge >= 0.3 is 5.97 Å². The lowest BCUT2D eigenvalue weighted by atomic mass is 10.1. The van der Waals surface area contributed by atoms with Crippen LogP contribution in [0.1, 0.15) is 87.2 Å². The molecule has 0 amide bonds. The molecule has 1 N–H and O–H groups in total. The molecule has 0 saturated carbocycles. The second kappa shape index (κ2) is 12.1. The number of esters is 1. The topological polar surface area (TPSA) is 42.1 Å². The van der Waals surface area contributed by atoms with E-state index in [4.69, 9.17) is 0 Å². The van der Waals surface area contributed by atoms with Crippen molar-refractivity contribution in [3.63, 3.8) is 0 Å². The standard InChI is InChI=1S/C19H31NO2/c1-3-4-5-6-7-8-9-10-11-12-13-14-17-15-18(20-16-17)19(21)22-2/h13-16,20H,3-12H2,1-2H3/b14-13-. The molecule has 0 aliphatic carbocycles. The maximum Gasteiger partial charge on any atom is 0.354 e. The van der Waals surface area contributed by atoms with Gasteiger partial charge < -0.3 is 9.72 Å². The lowest BCUT2D eigenvalue weighted by Gasteiger charge is -2.00. The number of carbonyl (C=O) groups excluding carboxylic acids is 1. The highest BCUT2D eigenvalue weighted by Crippen LogP contribution is 2.12. The number of unbranched alkanes of at least 4 members (excludes halogenated alkanes) is 9. The molecule has 124 valence electrons. The van der Waals surface area contributed by atoms with Crippen LogP contribution in [-0.2, 0) is 4.74 Å². The van der Waals surface area contributed by atoms with Gasteiger partial charge in [-0.15, -0.1) is 0 Å². The first kappa shape index (κ1) is 18.5. The Balaban J connectivity index is 2.02. The maximum absolute atomic E-state index is 11.3. The summed E-state index contributed by atoms with van der Waals surface area (Å²) in [7, 11) is 1.39. The number of methoxy groups -OCH3 is 1. The minimum atomic E-state index is -0.321. The zero-order valence-corrected chi connectivity index (χ0v) is 14.2. The van der Waals surface area contributed by atoms with Crippen LogP contribution in [0.25, 0.3) is 6.08 Å². The monoisotopic (exact) mass is 305 g/mol. The Morgan fingerprint density at radius 2 is 1.73 bits per heavy atom. The Hall–Kier alpha value is -1.51. The summed E-state index contributed by atoms with van der Waals surface area (Å²) < 4.78 is 4.67. The third kappa shape index (κ3) is 8.06. The summed E-state index contributed by atoms with van der Waals surface area (Å²) in [6, 6.07) is 1.82. The van der Waals surface area contributed by atoms with E-state index in [0.29, 0.717) is 5.69 Å². The number of hydrogen-bond donors (Lipinski definition) is 1. The second-order valence-electron chi connectivity index (χ2n) is 5.86. The normalized spacial score (nSPS) is 11.2. The first-order chi connectivity index (χ1) is 10.8. The number of nitrogens with one attached hydrogen (secondary N) is 1. The van der Waals surface area contributed by atoms with Gasteiger partial charge in [0.1, 0.15) is 5.69 Å². The summed E-state index contributed by atoms with van der Waals surface area (Å²) in [5.74, 6) is -0.321.